The zero-order valence-corrected chi connectivity index (χ0v) is 14.2. The van der Waals surface area contributed by atoms with Crippen molar-refractivity contribution in [3.8, 4) is 0 Å². The topological polar surface area (TPSA) is 58.1 Å². The quantitative estimate of drug-likeness (QED) is 0.890. The number of carbonyl (C=O) groups is 1. The molecule has 23 heavy (non-hydrogen) atoms. The van der Waals surface area contributed by atoms with Crippen LogP contribution >= 0.6 is 0 Å². The zero-order chi connectivity index (χ0) is 16.8. The first-order valence-corrected chi connectivity index (χ1v) is 7.77. The van der Waals surface area contributed by atoms with Crippen molar-refractivity contribution in [3.05, 3.63) is 59.2 Å². The van der Waals surface area contributed by atoms with Gasteiger partial charge in [0.15, 0.2) is 0 Å². The normalized spacial score (nSPS) is 12.2. The molecule has 5 nitrogen and oxygen atoms in total. The van der Waals surface area contributed by atoms with Crippen molar-refractivity contribution in [3.63, 3.8) is 0 Å². The molecule has 1 unspecified atom stereocenters. The molecule has 0 saturated heterocycles. The summed E-state index contributed by atoms with van der Waals surface area (Å²) in [7, 11) is 4.06. The second-order valence-electron chi connectivity index (χ2n) is 5.95. The molecule has 0 aliphatic rings. The van der Waals surface area contributed by atoms with Crippen molar-refractivity contribution >= 4 is 5.91 Å². The van der Waals surface area contributed by atoms with E-state index in [1.165, 1.54) is 6.33 Å². The van der Waals surface area contributed by atoms with Gasteiger partial charge in [0.1, 0.15) is 6.33 Å². The second kappa shape index (κ2) is 7.83. The van der Waals surface area contributed by atoms with Gasteiger partial charge in [-0.15, -0.1) is 0 Å². The average molecular weight is 312 g/mol. The molecule has 1 heterocycles. The monoisotopic (exact) mass is 312 g/mol. The molecular weight excluding hydrogens is 288 g/mol. The molecule has 1 atom stereocenters. The molecule has 1 amide bonds. The maximum absolute atomic E-state index is 12.7. The van der Waals surface area contributed by atoms with Crippen LogP contribution in [0.25, 0.3) is 0 Å². The minimum atomic E-state index is -0.117. The van der Waals surface area contributed by atoms with Gasteiger partial charge in [-0.1, -0.05) is 30.3 Å². The molecule has 0 radical (unpaired) electrons. The fourth-order valence-corrected chi connectivity index (χ4v) is 2.55. The van der Waals surface area contributed by atoms with Crippen LogP contribution in [0.2, 0.25) is 0 Å². The summed E-state index contributed by atoms with van der Waals surface area (Å²) in [6.45, 7) is 4.56. The Morgan fingerprint density at radius 1 is 1.13 bits per heavy atom. The number of nitrogens with zero attached hydrogens (tertiary/aromatic N) is 3. The SMILES string of the molecule is Cc1ncnc(C)c1C(=O)NC(CCN(C)C)c1ccccc1. The van der Waals surface area contributed by atoms with Gasteiger partial charge in [0, 0.05) is 0 Å². The molecule has 2 rings (SSSR count). The molecule has 0 spiro atoms. The van der Waals surface area contributed by atoms with Crippen molar-refractivity contribution in [2.45, 2.75) is 26.3 Å². The van der Waals surface area contributed by atoms with Crippen molar-refractivity contribution in [2.24, 2.45) is 0 Å². The standard InChI is InChI=1S/C18H24N4O/c1-13-17(14(2)20-12-19-13)18(23)21-16(10-11-22(3)4)15-8-6-5-7-9-15/h5-9,12,16H,10-11H2,1-4H3,(H,21,23). The fourth-order valence-electron chi connectivity index (χ4n) is 2.55. The highest BCUT2D eigenvalue weighted by atomic mass is 16.1. The summed E-state index contributed by atoms with van der Waals surface area (Å²) in [6.07, 6.45) is 2.33. The van der Waals surface area contributed by atoms with E-state index in [0.717, 1.165) is 18.5 Å². The highest BCUT2D eigenvalue weighted by Crippen LogP contribution is 2.18. The predicted molar refractivity (Wildman–Crippen MR) is 91.3 cm³/mol. The lowest BCUT2D eigenvalue weighted by Crippen LogP contribution is -2.32. The van der Waals surface area contributed by atoms with Crippen LogP contribution in [0.3, 0.4) is 0 Å². The van der Waals surface area contributed by atoms with Gasteiger partial charge >= 0.3 is 0 Å². The average Bonchev–Trinajstić information content (AvgIpc) is 2.52. The van der Waals surface area contributed by atoms with E-state index in [4.69, 9.17) is 0 Å². The van der Waals surface area contributed by atoms with Crippen LogP contribution in [-0.2, 0) is 0 Å². The highest BCUT2D eigenvalue weighted by molar-refractivity contribution is 5.96. The van der Waals surface area contributed by atoms with Crippen LogP contribution in [0.15, 0.2) is 36.7 Å². The molecule has 0 aliphatic carbocycles. The van der Waals surface area contributed by atoms with E-state index >= 15 is 0 Å². The second-order valence-corrected chi connectivity index (χ2v) is 5.95. The summed E-state index contributed by atoms with van der Waals surface area (Å²) in [4.78, 5) is 23.1. The summed E-state index contributed by atoms with van der Waals surface area (Å²) >= 11 is 0. The van der Waals surface area contributed by atoms with E-state index in [1.54, 1.807) is 0 Å². The lowest BCUT2D eigenvalue weighted by molar-refractivity contribution is 0.0930. The number of carbonyl (C=O) groups excluding carboxylic acids is 1. The molecule has 0 aliphatic heterocycles. The summed E-state index contributed by atoms with van der Waals surface area (Å²) in [5.41, 5.74) is 3.08. The third kappa shape index (κ3) is 4.60. The first kappa shape index (κ1) is 17.1. The molecule has 1 N–H and O–H groups in total. The van der Waals surface area contributed by atoms with E-state index in [1.807, 2.05) is 58.3 Å². The molecular formula is C18H24N4O. The Morgan fingerprint density at radius 2 is 1.74 bits per heavy atom. The Bertz CT molecular complexity index is 635. The Balaban J connectivity index is 2.21. The molecule has 0 fully saturated rings. The van der Waals surface area contributed by atoms with Crippen molar-refractivity contribution in [1.82, 2.24) is 20.2 Å². The van der Waals surface area contributed by atoms with Crippen molar-refractivity contribution in [2.75, 3.05) is 20.6 Å². The fraction of sp³-hybridized carbons (Fsp3) is 0.389. The number of rotatable bonds is 6. The number of aromatic nitrogens is 2. The van der Waals surface area contributed by atoms with Gasteiger partial charge in [-0.05, 0) is 46.5 Å². The molecule has 1 aromatic carbocycles. The Labute approximate surface area is 137 Å². The predicted octanol–water partition coefficient (Wildman–Crippen LogP) is 2.52. The number of amides is 1. The van der Waals surface area contributed by atoms with E-state index < -0.39 is 0 Å². The smallest absolute Gasteiger partial charge is 0.255 e. The van der Waals surface area contributed by atoms with E-state index in [-0.39, 0.29) is 11.9 Å². The van der Waals surface area contributed by atoms with Gasteiger partial charge in [0.05, 0.1) is 23.0 Å². The Kier molecular flexibility index (Phi) is 5.82. The zero-order valence-electron chi connectivity index (χ0n) is 14.2. The van der Waals surface area contributed by atoms with Gasteiger partial charge in [-0.2, -0.15) is 0 Å². The Morgan fingerprint density at radius 3 is 2.30 bits per heavy atom. The van der Waals surface area contributed by atoms with Gasteiger partial charge in [-0.25, -0.2) is 9.97 Å². The van der Waals surface area contributed by atoms with Crippen LogP contribution in [0.1, 0.15) is 39.8 Å². The third-order valence-electron chi connectivity index (χ3n) is 3.83. The van der Waals surface area contributed by atoms with Gasteiger partial charge in [0.2, 0.25) is 0 Å². The first-order valence-electron chi connectivity index (χ1n) is 7.77. The lowest BCUT2D eigenvalue weighted by atomic mass is 10.0. The maximum Gasteiger partial charge on any atom is 0.255 e. The summed E-state index contributed by atoms with van der Waals surface area (Å²) in [5.74, 6) is -0.117. The van der Waals surface area contributed by atoms with Crippen molar-refractivity contribution < 1.29 is 4.79 Å². The largest absolute Gasteiger partial charge is 0.345 e. The minimum absolute atomic E-state index is 0.0369. The number of hydrogen-bond acceptors (Lipinski definition) is 4. The summed E-state index contributed by atoms with van der Waals surface area (Å²) in [6, 6.07) is 10.0. The summed E-state index contributed by atoms with van der Waals surface area (Å²) < 4.78 is 0. The lowest BCUT2D eigenvalue weighted by Gasteiger charge is -2.22. The highest BCUT2D eigenvalue weighted by Gasteiger charge is 2.19. The van der Waals surface area contributed by atoms with Gasteiger partial charge in [-0.3, -0.25) is 4.79 Å². The van der Waals surface area contributed by atoms with Crippen molar-refractivity contribution in [1.29, 1.82) is 0 Å². The van der Waals surface area contributed by atoms with Crippen LogP contribution in [-0.4, -0.2) is 41.4 Å². The minimum Gasteiger partial charge on any atom is -0.345 e. The van der Waals surface area contributed by atoms with E-state index in [2.05, 4.69) is 20.2 Å². The third-order valence-corrected chi connectivity index (χ3v) is 3.83. The van der Waals surface area contributed by atoms with Crippen LogP contribution < -0.4 is 5.32 Å². The van der Waals surface area contributed by atoms with Crippen LogP contribution in [0, 0.1) is 13.8 Å². The number of benzene rings is 1. The molecule has 5 heteroatoms. The Hall–Kier alpha value is -2.27. The number of hydrogen-bond donors (Lipinski definition) is 1. The van der Waals surface area contributed by atoms with E-state index in [9.17, 15) is 4.79 Å². The molecule has 0 bridgehead atoms. The van der Waals surface area contributed by atoms with Gasteiger partial charge in [0.25, 0.3) is 5.91 Å². The maximum atomic E-state index is 12.7. The molecule has 1 aromatic heterocycles. The molecule has 0 saturated carbocycles. The number of nitrogens with one attached hydrogen (secondary N) is 1. The molecule has 2 aromatic rings. The van der Waals surface area contributed by atoms with E-state index in [0.29, 0.717) is 17.0 Å². The van der Waals surface area contributed by atoms with Gasteiger partial charge < -0.3 is 10.2 Å². The number of aryl methyl sites for hydroxylation is 2. The molecule has 122 valence electrons. The van der Waals surface area contributed by atoms with Crippen LogP contribution in [0.4, 0.5) is 0 Å². The van der Waals surface area contributed by atoms with Crippen LogP contribution in [0.5, 0.6) is 0 Å². The summed E-state index contributed by atoms with van der Waals surface area (Å²) in [5, 5.41) is 3.14. The first-order chi connectivity index (χ1) is 11.0.